The van der Waals surface area contributed by atoms with Crippen LogP contribution in [-0.4, -0.2) is 18.6 Å². The number of benzene rings is 1. The second-order valence-electron chi connectivity index (χ2n) is 4.30. The molecular formula is C14H11ClF2N4O. The summed E-state index contributed by atoms with van der Waals surface area (Å²) in [5, 5.41) is 3.11. The summed E-state index contributed by atoms with van der Waals surface area (Å²) in [6.07, 6.45) is -1.54. The lowest BCUT2D eigenvalue weighted by Gasteiger charge is -2.12. The first kappa shape index (κ1) is 16.0. The molecule has 1 aromatic heterocycles. The number of ether oxygens (including phenoxy) is 1. The van der Waals surface area contributed by atoms with Gasteiger partial charge in [-0.2, -0.15) is 0 Å². The Labute approximate surface area is 130 Å². The lowest BCUT2D eigenvalue weighted by Crippen LogP contribution is -2.02. The Kier molecular flexibility index (Phi) is 5.14. The van der Waals surface area contributed by atoms with Gasteiger partial charge in [0.1, 0.15) is 23.4 Å². The summed E-state index contributed by atoms with van der Waals surface area (Å²) in [6, 6.07) is 7.02. The molecule has 0 radical (unpaired) electrons. The first-order chi connectivity index (χ1) is 10.6. The summed E-state index contributed by atoms with van der Waals surface area (Å²) < 4.78 is 32.4. The van der Waals surface area contributed by atoms with Gasteiger partial charge in [0, 0.05) is 10.5 Å². The molecular weight excluding hydrogens is 314 g/mol. The minimum Gasteiger partial charge on any atom is -0.494 e. The largest absolute Gasteiger partial charge is 0.494 e. The minimum absolute atomic E-state index is 0.0716. The normalized spacial score (nSPS) is 11.6. The van der Waals surface area contributed by atoms with E-state index in [4.69, 9.17) is 21.9 Å². The molecule has 0 aliphatic carbocycles. The Balaban J connectivity index is 2.47. The maximum Gasteiger partial charge on any atom is 0.148 e. The molecule has 0 aliphatic rings. The molecule has 1 heterocycles. The number of pyridine rings is 1. The molecule has 8 heteroatoms. The molecule has 0 aliphatic heterocycles. The second-order valence-corrected chi connectivity index (χ2v) is 4.70. The molecule has 0 saturated carbocycles. The molecule has 2 aromatic rings. The van der Waals surface area contributed by atoms with Gasteiger partial charge in [-0.1, -0.05) is 16.7 Å². The van der Waals surface area contributed by atoms with Crippen LogP contribution in [0.1, 0.15) is 11.9 Å². The first-order valence-electron chi connectivity index (χ1n) is 6.22. The van der Waals surface area contributed by atoms with Gasteiger partial charge in [0.15, 0.2) is 0 Å². The highest BCUT2D eigenvalue weighted by atomic mass is 35.5. The lowest BCUT2D eigenvalue weighted by atomic mass is 10.1. The summed E-state index contributed by atoms with van der Waals surface area (Å²) in [4.78, 5) is 6.68. The van der Waals surface area contributed by atoms with E-state index < -0.39 is 12.0 Å². The zero-order chi connectivity index (χ0) is 16.1. The Morgan fingerprint density at radius 2 is 2.18 bits per heavy atom. The Morgan fingerprint density at radius 3 is 2.82 bits per heavy atom. The number of alkyl halides is 1. The van der Waals surface area contributed by atoms with Crippen LogP contribution in [0, 0.1) is 5.82 Å². The van der Waals surface area contributed by atoms with Crippen LogP contribution >= 0.6 is 11.6 Å². The third kappa shape index (κ3) is 3.44. The van der Waals surface area contributed by atoms with Gasteiger partial charge in [-0.25, -0.2) is 13.8 Å². The molecule has 1 aromatic carbocycles. The van der Waals surface area contributed by atoms with Crippen molar-refractivity contribution >= 4 is 11.6 Å². The van der Waals surface area contributed by atoms with Crippen molar-refractivity contribution in [2.75, 3.05) is 13.7 Å². The van der Waals surface area contributed by atoms with E-state index in [0.29, 0.717) is 17.0 Å². The molecule has 0 fully saturated rings. The standard InChI is InChI=1S/C14H11ClF2N4O/c1-22-13-5-4-12(11(17)7-19-21-18)20-14(13)8-2-3-10(16)9(15)6-8/h2-6,11H,7H2,1H3. The number of rotatable bonds is 5. The van der Waals surface area contributed by atoms with Crippen LogP contribution in [0.15, 0.2) is 35.4 Å². The summed E-state index contributed by atoms with van der Waals surface area (Å²) in [7, 11) is 1.44. The van der Waals surface area contributed by atoms with Gasteiger partial charge >= 0.3 is 0 Å². The van der Waals surface area contributed by atoms with Crippen LogP contribution in [0.3, 0.4) is 0 Å². The average molecular weight is 325 g/mol. The van der Waals surface area contributed by atoms with Crippen LogP contribution in [0.25, 0.3) is 21.7 Å². The van der Waals surface area contributed by atoms with Crippen LogP contribution < -0.4 is 4.74 Å². The van der Waals surface area contributed by atoms with E-state index in [0.717, 1.165) is 0 Å². The number of nitrogens with zero attached hydrogens (tertiary/aromatic N) is 4. The maximum absolute atomic E-state index is 13.9. The third-order valence-corrected chi connectivity index (χ3v) is 3.21. The second kappa shape index (κ2) is 7.06. The molecule has 0 N–H and O–H groups in total. The van der Waals surface area contributed by atoms with Crippen molar-refractivity contribution in [1.82, 2.24) is 4.98 Å². The summed E-state index contributed by atoms with van der Waals surface area (Å²) >= 11 is 5.76. The Bertz CT molecular complexity index is 735. The molecule has 0 saturated heterocycles. The molecule has 0 amide bonds. The molecule has 0 bridgehead atoms. The fourth-order valence-corrected chi connectivity index (χ4v) is 2.03. The number of methoxy groups -OCH3 is 1. The van der Waals surface area contributed by atoms with Gasteiger partial charge in [-0.05, 0) is 35.9 Å². The van der Waals surface area contributed by atoms with Crippen molar-refractivity contribution in [2.24, 2.45) is 5.11 Å². The fourth-order valence-electron chi connectivity index (χ4n) is 1.85. The van der Waals surface area contributed by atoms with Crippen molar-refractivity contribution in [2.45, 2.75) is 6.17 Å². The molecule has 1 atom stereocenters. The van der Waals surface area contributed by atoms with Gasteiger partial charge in [-0.3, -0.25) is 0 Å². The van der Waals surface area contributed by atoms with E-state index in [1.807, 2.05) is 0 Å². The van der Waals surface area contributed by atoms with Gasteiger partial charge in [0.05, 0.1) is 24.4 Å². The van der Waals surface area contributed by atoms with Crippen LogP contribution in [0.5, 0.6) is 5.75 Å². The molecule has 0 spiro atoms. The van der Waals surface area contributed by atoms with Gasteiger partial charge in [0.25, 0.3) is 0 Å². The summed E-state index contributed by atoms with van der Waals surface area (Å²) in [6.45, 7) is -0.362. The highest BCUT2D eigenvalue weighted by Crippen LogP contribution is 2.32. The van der Waals surface area contributed by atoms with E-state index in [2.05, 4.69) is 15.0 Å². The molecule has 1 unspecified atom stereocenters. The van der Waals surface area contributed by atoms with E-state index >= 15 is 0 Å². The monoisotopic (exact) mass is 324 g/mol. The Hall–Kier alpha value is -2.37. The molecule has 5 nitrogen and oxygen atoms in total. The van der Waals surface area contributed by atoms with Gasteiger partial charge in [0.2, 0.25) is 0 Å². The van der Waals surface area contributed by atoms with Crippen LogP contribution in [0.4, 0.5) is 8.78 Å². The lowest BCUT2D eigenvalue weighted by molar-refractivity contribution is 0.343. The maximum atomic E-state index is 13.9. The SMILES string of the molecule is COc1ccc(C(F)CN=[N+]=[N-])nc1-c1ccc(F)c(Cl)c1. The highest BCUT2D eigenvalue weighted by Gasteiger charge is 2.16. The van der Waals surface area contributed by atoms with Crippen molar-refractivity contribution < 1.29 is 13.5 Å². The fraction of sp³-hybridized carbons (Fsp3) is 0.214. The molecule has 22 heavy (non-hydrogen) atoms. The zero-order valence-corrected chi connectivity index (χ0v) is 12.3. The van der Waals surface area contributed by atoms with Crippen molar-refractivity contribution in [1.29, 1.82) is 0 Å². The van der Waals surface area contributed by atoms with E-state index in [1.54, 1.807) is 0 Å². The highest BCUT2D eigenvalue weighted by molar-refractivity contribution is 6.31. The van der Waals surface area contributed by atoms with E-state index in [9.17, 15) is 8.78 Å². The number of azide groups is 1. The number of hydrogen-bond donors (Lipinski definition) is 0. The number of hydrogen-bond acceptors (Lipinski definition) is 3. The van der Waals surface area contributed by atoms with Crippen LogP contribution in [-0.2, 0) is 0 Å². The van der Waals surface area contributed by atoms with Gasteiger partial charge < -0.3 is 4.74 Å². The smallest absolute Gasteiger partial charge is 0.148 e. The summed E-state index contributed by atoms with van der Waals surface area (Å²) in [5.41, 5.74) is 9.13. The molecule has 2 rings (SSSR count). The third-order valence-electron chi connectivity index (χ3n) is 2.92. The number of aromatic nitrogens is 1. The van der Waals surface area contributed by atoms with Crippen molar-refractivity contribution in [3.8, 4) is 17.0 Å². The minimum atomic E-state index is -1.54. The van der Waals surface area contributed by atoms with Crippen molar-refractivity contribution in [3.05, 3.63) is 57.3 Å². The first-order valence-corrected chi connectivity index (χ1v) is 6.60. The molecule has 114 valence electrons. The number of halogens is 3. The predicted molar refractivity (Wildman–Crippen MR) is 79.1 cm³/mol. The van der Waals surface area contributed by atoms with E-state index in [-0.39, 0.29) is 17.3 Å². The summed E-state index contributed by atoms with van der Waals surface area (Å²) in [5.74, 6) is -0.172. The van der Waals surface area contributed by atoms with Crippen molar-refractivity contribution in [3.63, 3.8) is 0 Å². The zero-order valence-electron chi connectivity index (χ0n) is 11.5. The van der Waals surface area contributed by atoms with E-state index in [1.165, 1.54) is 37.4 Å². The topological polar surface area (TPSA) is 70.9 Å². The average Bonchev–Trinajstić information content (AvgIpc) is 2.54. The van der Waals surface area contributed by atoms with Gasteiger partial charge in [-0.15, -0.1) is 0 Å². The quantitative estimate of drug-likeness (QED) is 0.447. The predicted octanol–water partition coefficient (Wildman–Crippen LogP) is 4.87. The van der Waals surface area contributed by atoms with Crippen LogP contribution in [0.2, 0.25) is 5.02 Å². The Morgan fingerprint density at radius 1 is 1.41 bits per heavy atom.